The van der Waals surface area contributed by atoms with Crippen molar-refractivity contribution >= 4 is 5.78 Å². The zero-order valence-corrected chi connectivity index (χ0v) is 15.4. The number of carbonyl (C=O) groups is 1. The third kappa shape index (κ3) is 3.98. The summed E-state index contributed by atoms with van der Waals surface area (Å²) in [6.45, 7) is 1.90. The van der Waals surface area contributed by atoms with Crippen LogP contribution >= 0.6 is 0 Å². The topological polar surface area (TPSA) is 29.5 Å². The van der Waals surface area contributed by atoms with E-state index in [2.05, 4.69) is 17.0 Å². The number of nitrogens with zero attached hydrogens (tertiary/aromatic N) is 1. The van der Waals surface area contributed by atoms with Gasteiger partial charge in [0.25, 0.3) is 0 Å². The van der Waals surface area contributed by atoms with Crippen LogP contribution in [0.4, 0.5) is 13.2 Å². The van der Waals surface area contributed by atoms with Crippen molar-refractivity contribution in [3.63, 3.8) is 0 Å². The van der Waals surface area contributed by atoms with Crippen molar-refractivity contribution in [2.45, 2.75) is 37.6 Å². The Labute approximate surface area is 162 Å². The van der Waals surface area contributed by atoms with Gasteiger partial charge in [-0.2, -0.15) is 13.2 Å². The number of hydrogen-bond acceptors (Lipinski definition) is 3. The predicted octanol–water partition coefficient (Wildman–Crippen LogP) is 4.57. The molecule has 2 aromatic carbocycles. The van der Waals surface area contributed by atoms with Gasteiger partial charge in [-0.3, -0.25) is 9.69 Å². The average Bonchev–Trinajstić information content (AvgIpc) is 2.67. The quantitative estimate of drug-likeness (QED) is 0.718. The summed E-state index contributed by atoms with van der Waals surface area (Å²) < 4.78 is 44.7. The summed E-state index contributed by atoms with van der Waals surface area (Å²) in [5, 5.41) is 0. The molecule has 2 bridgehead atoms. The van der Waals surface area contributed by atoms with Crippen LogP contribution in [0.2, 0.25) is 0 Å². The smallest absolute Gasteiger partial charge is 0.378 e. The Balaban J connectivity index is 1.50. The molecular formula is C22H22F3NO2. The van der Waals surface area contributed by atoms with Crippen molar-refractivity contribution in [2.24, 2.45) is 5.92 Å². The number of hydrogen-bond donors (Lipinski definition) is 0. The molecule has 2 atom stereocenters. The summed E-state index contributed by atoms with van der Waals surface area (Å²) >= 11 is 0. The standard InChI is InChI=1S/C22H22F3NO2/c23-22(24,25)18-8-4-7-16(9-18)21(27)17-10-19-13-28-14-20(11-17)26(19)12-15-5-2-1-3-6-15/h1-9,17,19-20H,10-14H2. The summed E-state index contributed by atoms with van der Waals surface area (Å²) in [7, 11) is 0. The van der Waals surface area contributed by atoms with Crippen molar-refractivity contribution in [1.29, 1.82) is 0 Å². The van der Waals surface area contributed by atoms with Gasteiger partial charge in [0, 0.05) is 30.1 Å². The SMILES string of the molecule is O=C(c1cccc(C(F)(F)F)c1)C1CC2COCC(C1)N2Cc1ccccc1. The number of benzene rings is 2. The van der Waals surface area contributed by atoms with E-state index in [1.54, 1.807) is 0 Å². The van der Waals surface area contributed by atoms with Crippen LogP contribution in [0.15, 0.2) is 54.6 Å². The summed E-state index contributed by atoms with van der Waals surface area (Å²) in [6, 6.07) is 15.1. The van der Waals surface area contributed by atoms with Crippen LogP contribution in [0.1, 0.15) is 34.3 Å². The summed E-state index contributed by atoms with van der Waals surface area (Å²) in [5.74, 6) is -0.461. The third-order valence-electron chi connectivity index (χ3n) is 5.72. The molecule has 4 rings (SSSR count). The van der Waals surface area contributed by atoms with E-state index in [0.29, 0.717) is 26.1 Å². The molecule has 0 spiro atoms. The van der Waals surface area contributed by atoms with Crippen molar-refractivity contribution in [1.82, 2.24) is 4.90 Å². The molecule has 0 N–H and O–H groups in total. The largest absolute Gasteiger partial charge is 0.416 e. The molecular weight excluding hydrogens is 367 g/mol. The molecule has 2 fully saturated rings. The van der Waals surface area contributed by atoms with Crippen LogP contribution in [0.5, 0.6) is 0 Å². The maximum atomic E-state index is 13.0. The van der Waals surface area contributed by atoms with Gasteiger partial charge in [-0.1, -0.05) is 42.5 Å². The van der Waals surface area contributed by atoms with Gasteiger partial charge in [-0.25, -0.2) is 0 Å². The van der Waals surface area contributed by atoms with Crippen molar-refractivity contribution < 1.29 is 22.7 Å². The van der Waals surface area contributed by atoms with E-state index in [1.165, 1.54) is 17.7 Å². The lowest BCUT2D eigenvalue weighted by atomic mass is 9.80. The molecule has 0 amide bonds. The molecule has 2 unspecified atom stereocenters. The molecule has 2 heterocycles. The van der Waals surface area contributed by atoms with Gasteiger partial charge in [-0.05, 0) is 30.5 Å². The first kappa shape index (κ1) is 19.2. The molecule has 2 aliphatic rings. The number of piperidine rings is 1. The van der Waals surface area contributed by atoms with Crippen LogP contribution < -0.4 is 0 Å². The van der Waals surface area contributed by atoms with Gasteiger partial charge in [0.05, 0.1) is 18.8 Å². The van der Waals surface area contributed by atoms with Crippen LogP contribution in [0, 0.1) is 5.92 Å². The van der Waals surface area contributed by atoms with Gasteiger partial charge in [0.1, 0.15) is 0 Å². The Bertz CT molecular complexity index is 823. The van der Waals surface area contributed by atoms with E-state index in [4.69, 9.17) is 4.74 Å². The molecule has 3 nitrogen and oxygen atoms in total. The van der Waals surface area contributed by atoms with E-state index in [-0.39, 0.29) is 29.3 Å². The molecule has 2 aliphatic heterocycles. The van der Waals surface area contributed by atoms with Gasteiger partial charge in [-0.15, -0.1) is 0 Å². The lowest BCUT2D eigenvalue weighted by Gasteiger charge is -2.48. The Morgan fingerprint density at radius 2 is 1.68 bits per heavy atom. The van der Waals surface area contributed by atoms with Gasteiger partial charge < -0.3 is 4.74 Å². The first-order valence-corrected chi connectivity index (χ1v) is 9.50. The zero-order chi connectivity index (χ0) is 19.7. The minimum Gasteiger partial charge on any atom is -0.378 e. The van der Waals surface area contributed by atoms with Gasteiger partial charge in [0.2, 0.25) is 0 Å². The first-order chi connectivity index (χ1) is 13.4. The molecule has 2 saturated heterocycles. The number of ketones is 1. The lowest BCUT2D eigenvalue weighted by molar-refractivity contribution is -0.137. The Hall–Kier alpha value is -2.18. The van der Waals surface area contributed by atoms with E-state index in [9.17, 15) is 18.0 Å². The summed E-state index contributed by atoms with van der Waals surface area (Å²) in [6.07, 6.45) is -3.23. The number of carbonyl (C=O) groups excluding carboxylic acids is 1. The van der Waals surface area contributed by atoms with Gasteiger partial charge >= 0.3 is 6.18 Å². The molecule has 28 heavy (non-hydrogen) atoms. The number of fused-ring (bicyclic) bond motifs is 2. The maximum Gasteiger partial charge on any atom is 0.416 e. The number of ether oxygens (including phenoxy) is 1. The number of halogens is 3. The predicted molar refractivity (Wildman–Crippen MR) is 98.9 cm³/mol. The van der Waals surface area contributed by atoms with Crippen LogP contribution in [-0.2, 0) is 17.5 Å². The van der Waals surface area contributed by atoms with Crippen molar-refractivity contribution in [2.75, 3.05) is 13.2 Å². The first-order valence-electron chi connectivity index (χ1n) is 9.50. The van der Waals surface area contributed by atoms with Crippen LogP contribution in [-0.4, -0.2) is 36.0 Å². The van der Waals surface area contributed by atoms with Crippen molar-refractivity contribution in [3.8, 4) is 0 Å². The number of alkyl halides is 3. The molecule has 148 valence electrons. The normalized spacial score (nSPS) is 25.5. The summed E-state index contributed by atoms with van der Waals surface area (Å²) in [4.78, 5) is 15.3. The molecule has 0 aliphatic carbocycles. The van der Waals surface area contributed by atoms with Crippen LogP contribution in [0.3, 0.4) is 0 Å². The fraction of sp³-hybridized carbons (Fsp3) is 0.409. The van der Waals surface area contributed by atoms with E-state index in [0.717, 1.165) is 18.7 Å². The molecule has 6 heteroatoms. The van der Waals surface area contributed by atoms with E-state index < -0.39 is 11.7 Å². The molecule has 0 saturated carbocycles. The fourth-order valence-electron chi connectivity index (χ4n) is 4.34. The highest BCUT2D eigenvalue weighted by molar-refractivity contribution is 5.98. The third-order valence-corrected chi connectivity index (χ3v) is 5.72. The van der Waals surface area contributed by atoms with E-state index in [1.807, 2.05) is 18.2 Å². The second-order valence-electron chi connectivity index (χ2n) is 7.61. The molecule has 0 radical (unpaired) electrons. The summed E-state index contributed by atoms with van der Waals surface area (Å²) in [5.41, 5.74) is 0.584. The monoisotopic (exact) mass is 389 g/mol. The number of Topliss-reactive ketones (excluding diaryl/α,β-unsaturated/α-hetero) is 1. The zero-order valence-electron chi connectivity index (χ0n) is 15.4. The number of rotatable bonds is 4. The minimum atomic E-state index is -4.44. The number of morpholine rings is 1. The second-order valence-corrected chi connectivity index (χ2v) is 7.61. The average molecular weight is 389 g/mol. The highest BCUT2D eigenvalue weighted by Gasteiger charge is 2.41. The second kappa shape index (κ2) is 7.68. The highest BCUT2D eigenvalue weighted by Crippen LogP contribution is 2.36. The molecule has 2 aromatic rings. The minimum absolute atomic E-state index is 0.104. The van der Waals surface area contributed by atoms with Crippen LogP contribution in [0.25, 0.3) is 0 Å². The highest BCUT2D eigenvalue weighted by atomic mass is 19.4. The van der Waals surface area contributed by atoms with Crippen molar-refractivity contribution in [3.05, 3.63) is 71.3 Å². The Kier molecular flexibility index (Phi) is 5.25. The van der Waals surface area contributed by atoms with Gasteiger partial charge in [0.15, 0.2) is 5.78 Å². The molecule has 0 aromatic heterocycles. The fourth-order valence-corrected chi connectivity index (χ4v) is 4.34. The van der Waals surface area contributed by atoms with E-state index >= 15 is 0 Å². The Morgan fingerprint density at radius 3 is 2.32 bits per heavy atom. The lowest BCUT2D eigenvalue weighted by Crippen LogP contribution is -2.57. The maximum absolute atomic E-state index is 13.0. The Morgan fingerprint density at radius 1 is 1.00 bits per heavy atom.